The SMILES string of the molecule is C[C@H](CCl)COc1ccc(C(C)(C)c2ccc(OC[C@H](C)Cn3ccnc3)c(Cl)c2)cc1Cl. The monoisotopic (exact) mass is 508 g/mol. The molecule has 0 aliphatic heterocycles. The zero-order valence-corrected chi connectivity index (χ0v) is 21.8. The molecule has 2 atom stereocenters. The van der Waals surface area contributed by atoms with Crippen LogP contribution in [0.3, 0.4) is 0 Å². The van der Waals surface area contributed by atoms with Crippen LogP contribution in [-0.4, -0.2) is 28.6 Å². The van der Waals surface area contributed by atoms with E-state index in [0.29, 0.717) is 46.6 Å². The quantitative estimate of drug-likeness (QED) is 0.251. The lowest BCUT2D eigenvalue weighted by atomic mass is 9.78. The summed E-state index contributed by atoms with van der Waals surface area (Å²) in [4.78, 5) is 4.08. The van der Waals surface area contributed by atoms with E-state index in [1.54, 1.807) is 6.20 Å². The molecule has 3 aromatic rings. The number of aromatic nitrogens is 2. The summed E-state index contributed by atoms with van der Waals surface area (Å²) in [6, 6.07) is 11.9. The first kappa shape index (κ1) is 25.7. The normalized spacial score (nSPS) is 13.5. The van der Waals surface area contributed by atoms with Crippen LogP contribution >= 0.6 is 34.8 Å². The van der Waals surface area contributed by atoms with Gasteiger partial charge in [0.05, 0.1) is 29.6 Å². The first-order chi connectivity index (χ1) is 15.7. The van der Waals surface area contributed by atoms with Crippen molar-refractivity contribution in [1.82, 2.24) is 9.55 Å². The molecule has 3 rings (SSSR count). The van der Waals surface area contributed by atoms with Crippen molar-refractivity contribution in [3.8, 4) is 11.5 Å². The minimum Gasteiger partial charge on any atom is -0.492 e. The number of ether oxygens (including phenoxy) is 2. The average molecular weight is 510 g/mol. The van der Waals surface area contributed by atoms with E-state index < -0.39 is 0 Å². The molecule has 4 nitrogen and oxygen atoms in total. The summed E-state index contributed by atoms with van der Waals surface area (Å²) in [5.41, 5.74) is 1.85. The molecule has 7 heteroatoms. The fourth-order valence-corrected chi connectivity index (χ4v) is 4.06. The second-order valence-electron chi connectivity index (χ2n) is 9.16. The summed E-state index contributed by atoms with van der Waals surface area (Å²) in [5, 5.41) is 1.18. The van der Waals surface area contributed by atoms with Gasteiger partial charge in [-0.15, -0.1) is 11.6 Å². The standard InChI is InChI=1S/C26H31Cl3N2O2/c1-18(13-27)15-32-24-7-5-20(11-22(24)28)26(3,4)21-6-8-25(23(29)12-21)33-16-19(2)14-31-10-9-30-17-31/h5-12,17-19H,13-16H2,1-4H3/t18-,19-/m1/s1. The highest BCUT2D eigenvalue weighted by Gasteiger charge is 2.25. The van der Waals surface area contributed by atoms with Gasteiger partial charge in [-0.2, -0.15) is 0 Å². The van der Waals surface area contributed by atoms with E-state index in [-0.39, 0.29) is 11.3 Å². The van der Waals surface area contributed by atoms with E-state index in [0.717, 1.165) is 17.7 Å². The van der Waals surface area contributed by atoms with Crippen molar-refractivity contribution < 1.29 is 9.47 Å². The van der Waals surface area contributed by atoms with Crippen LogP contribution in [0.5, 0.6) is 11.5 Å². The molecule has 0 fully saturated rings. The van der Waals surface area contributed by atoms with E-state index in [4.69, 9.17) is 44.3 Å². The molecule has 2 aromatic carbocycles. The van der Waals surface area contributed by atoms with Crippen LogP contribution in [0.1, 0.15) is 38.8 Å². The molecule has 1 heterocycles. The highest BCUT2D eigenvalue weighted by Crippen LogP contribution is 2.38. The second kappa shape index (κ2) is 11.5. The van der Waals surface area contributed by atoms with E-state index in [2.05, 4.69) is 31.8 Å². The van der Waals surface area contributed by atoms with Gasteiger partial charge >= 0.3 is 0 Å². The van der Waals surface area contributed by atoms with Gasteiger partial charge in [-0.1, -0.05) is 63.0 Å². The number of alkyl halides is 1. The van der Waals surface area contributed by atoms with Crippen molar-refractivity contribution in [3.05, 3.63) is 76.3 Å². The molecule has 0 saturated carbocycles. The van der Waals surface area contributed by atoms with Gasteiger partial charge in [-0.3, -0.25) is 0 Å². The van der Waals surface area contributed by atoms with E-state index in [1.807, 2.05) is 54.3 Å². The van der Waals surface area contributed by atoms with Crippen molar-refractivity contribution in [2.75, 3.05) is 19.1 Å². The van der Waals surface area contributed by atoms with E-state index in [9.17, 15) is 0 Å². The predicted molar refractivity (Wildman–Crippen MR) is 137 cm³/mol. The van der Waals surface area contributed by atoms with Crippen molar-refractivity contribution in [1.29, 1.82) is 0 Å². The number of hydrogen-bond acceptors (Lipinski definition) is 3. The molecule has 178 valence electrons. The summed E-state index contributed by atoms with van der Waals surface area (Å²) in [6.07, 6.45) is 5.54. The second-order valence-corrected chi connectivity index (χ2v) is 10.3. The van der Waals surface area contributed by atoms with Crippen LogP contribution in [0.15, 0.2) is 55.1 Å². The average Bonchev–Trinajstić information content (AvgIpc) is 3.30. The molecule has 0 spiro atoms. The Morgan fingerprint density at radius 1 is 0.909 bits per heavy atom. The first-order valence-corrected chi connectivity index (χ1v) is 12.4. The predicted octanol–water partition coefficient (Wildman–Crippen LogP) is 7.48. The number of hydrogen-bond donors (Lipinski definition) is 0. The third-order valence-electron chi connectivity index (χ3n) is 5.70. The van der Waals surface area contributed by atoms with Crippen LogP contribution in [0.2, 0.25) is 10.0 Å². The van der Waals surface area contributed by atoms with Crippen molar-refractivity contribution >= 4 is 34.8 Å². The lowest BCUT2D eigenvalue weighted by Crippen LogP contribution is -2.19. The topological polar surface area (TPSA) is 36.3 Å². The molecule has 0 aliphatic carbocycles. The summed E-state index contributed by atoms with van der Waals surface area (Å²) in [6.45, 7) is 10.4. The Morgan fingerprint density at radius 2 is 1.45 bits per heavy atom. The summed E-state index contributed by atoms with van der Waals surface area (Å²) < 4.78 is 13.9. The Labute approximate surface area is 211 Å². The lowest BCUT2D eigenvalue weighted by Gasteiger charge is -2.27. The maximum Gasteiger partial charge on any atom is 0.137 e. The van der Waals surface area contributed by atoms with Crippen molar-refractivity contribution in [2.45, 2.75) is 39.7 Å². The number of imidazole rings is 1. The molecule has 0 radical (unpaired) electrons. The van der Waals surface area contributed by atoms with Crippen LogP contribution in [-0.2, 0) is 12.0 Å². The molecular formula is C26H31Cl3N2O2. The van der Waals surface area contributed by atoms with Gasteiger partial charge in [0, 0.05) is 42.1 Å². The van der Waals surface area contributed by atoms with Crippen LogP contribution in [0.25, 0.3) is 0 Å². The van der Waals surface area contributed by atoms with Gasteiger partial charge < -0.3 is 14.0 Å². The van der Waals surface area contributed by atoms with Gasteiger partial charge in [0.25, 0.3) is 0 Å². The molecule has 0 saturated heterocycles. The van der Waals surface area contributed by atoms with Crippen LogP contribution in [0.4, 0.5) is 0 Å². The smallest absolute Gasteiger partial charge is 0.137 e. The third kappa shape index (κ3) is 6.81. The third-order valence-corrected chi connectivity index (χ3v) is 6.82. The Morgan fingerprint density at radius 3 is 1.91 bits per heavy atom. The van der Waals surface area contributed by atoms with Crippen molar-refractivity contribution in [2.24, 2.45) is 11.8 Å². The highest BCUT2D eigenvalue weighted by atomic mass is 35.5. The van der Waals surface area contributed by atoms with Crippen LogP contribution < -0.4 is 9.47 Å². The van der Waals surface area contributed by atoms with Crippen molar-refractivity contribution in [3.63, 3.8) is 0 Å². The van der Waals surface area contributed by atoms with Gasteiger partial charge in [0.15, 0.2) is 0 Å². The molecule has 1 aromatic heterocycles. The van der Waals surface area contributed by atoms with Crippen LogP contribution in [0, 0.1) is 11.8 Å². The molecule has 33 heavy (non-hydrogen) atoms. The summed E-state index contributed by atoms with van der Waals surface area (Å²) in [7, 11) is 0. The number of nitrogens with zero attached hydrogens (tertiary/aromatic N) is 2. The number of benzene rings is 2. The molecule has 0 amide bonds. The number of rotatable bonds is 11. The minimum absolute atomic E-state index is 0.260. The lowest BCUT2D eigenvalue weighted by molar-refractivity contribution is 0.244. The minimum atomic E-state index is -0.303. The highest BCUT2D eigenvalue weighted by molar-refractivity contribution is 6.32. The maximum absolute atomic E-state index is 6.59. The van der Waals surface area contributed by atoms with E-state index in [1.165, 1.54) is 0 Å². The van der Waals surface area contributed by atoms with E-state index >= 15 is 0 Å². The fourth-order valence-electron chi connectivity index (χ4n) is 3.50. The molecular weight excluding hydrogens is 479 g/mol. The molecule has 0 unspecified atom stereocenters. The Hall–Kier alpha value is -1.88. The maximum atomic E-state index is 6.59. The van der Waals surface area contributed by atoms with Gasteiger partial charge in [-0.05, 0) is 35.4 Å². The zero-order chi connectivity index (χ0) is 24.0. The van der Waals surface area contributed by atoms with Gasteiger partial charge in [-0.25, -0.2) is 4.98 Å². The number of halogens is 3. The van der Waals surface area contributed by atoms with Gasteiger partial charge in [0.1, 0.15) is 11.5 Å². The largest absolute Gasteiger partial charge is 0.492 e. The molecule has 0 aliphatic rings. The Bertz CT molecular complexity index is 1040. The first-order valence-electron chi connectivity index (χ1n) is 11.1. The summed E-state index contributed by atoms with van der Waals surface area (Å²) >= 11 is 19.0. The molecule has 0 bridgehead atoms. The molecule has 0 N–H and O–H groups in total. The zero-order valence-electron chi connectivity index (χ0n) is 19.5. The van der Waals surface area contributed by atoms with Gasteiger partial charge in [0.2, 0.25) is 0 Å². The Balaban J connectivity index is 1.68. The fraction of sp³-hybridized carbons (Fsp3) is 0.423. The Kier molecular flexibility index (Phi) is 8.97. The summed E-state index contributed by atoms with van der Waals surface area (Å²) in [5.74, 6) is 2.48.